The summed E-state index contributed by atoms with van der Waals surface area (Å²) in [7, 11) is 0. The van der Waals surface area contributed by atoms with E-state index in [1.807, 2.05) is 36.7 Å². The lowest BCUT2D eigenvalue weighted by Crippen LogP contribution is -2.31. The van der Waals surface area contributed by atoms with Crippen LogP contribution in [0.25, 0.3) is 6.08 Å². The molecule has 0 radical (unpaired) electrons. The van der Waals surface area contributed by atoms with Gasteiger partial charge < -0.3 is 9.64 Å². The predicted octanol–water partition coefficient (Wildman–Crippen LogP) is 4.25. The van der Waals surface area contributed by atoms with Crippen molar-refractivity contribution in [1.29, 1.82) is 0 Å². The minimum Gasteiger partial charge on any atom is -0.466 e. The fourth-order valence-electron chi connectivity index (χ4n) is 3.67. The third-order valence-corrected chi connectivity index (χ3v) is 5.58. The van der Waals surface area contributed by atoms with Crippen molar-refractivity contribution in [2.75, 3.05) is 13.2 Å². The smallest absolute Gasteiger partial charge is 0.307 e. The van der Waals surface area contributed by atoms with Crippen LogP contribution in [0.2, 0.25) is 0 Å². The first kappa shape index (κ1) is 24.9. The Kier molecular flexibility index (Phi) is 8.73. The molecule has 7 nitrogen and oxygen atoms in total. The van der Waals surface area contributed by atoms with E-state index in [-0.39, 0.29) is 24.8 Å². The van der Waals surface area contributed by atoms with Crippen molar-refractivity contribution in [3.05, 3.63) is 88.5 Å². The highest BCUT2D eigenvalue weighted by molar-refractivity contribution is 5.92. The van der Waals surface area contributed by atoms with Gasteiger partial charge >= 0.3 is 5.97 Å². The zero-order valence-corrected chi connectivity index (χ0v) is 20.3. The Labute approximate surface area is 201 Å². The number of carbonyl (C=O) groups excluding carboxylic acids is 2. The van der Waals surface area contributed by atoms with Gasteiger partial charge in [0.1, 0.15) is 0 Å². The van der Waals surface area contributed by atoms with Gasteiger partial charge in [-0.05, 0) is 51.0 Å². The average molecular weight is 461 g/mol. The van der Waals surface area contributed by atoms with E-state index in [0.717, 1.165) is 22.5 Å². The second-order valence-electron chi connectivity index (χ2n) is 8.24. The Morgan fingerprint density at radius 2 is 1.85 bits per heavy atom. The summed E-state index contributed by atoms with van der Waals surface area (Å²) in [6.45, 7) is 9.40. The highest BCUT2D eigenvalue weighted by Crippen LogP contribution is 2.17. The molecule has 0 aliphatic carbocycles. The molecule has 7 heteroatoms. The lowest BCUT2D eigenvalue weighted by Gasteiger charge is -2.21. The van der Waals surface area contributed by atoms with Crippen LogP contribution in [0.1, 0.15) is 47.0 Å². The summed E-state index contributed by atoms with van der Waals surface area (Å²) in [6.07, 6.45) is 6.91. The minimum atomic E-state index is -0.320. The number of hydrogen-bond donors (Lipinski definition) is 0. The fraction of sp³-hybridized carbons (Fsp3) is 0.333. The van der Waals surface area contributed by atoms with Gasteiger partial charge in [-0.3, -0.25) is 19.3 Å². The van der Waals surface area contributed by atoms with Gasteiger partial charge in [0.05, 0.1) is 25.3 Å². The quantitative estimate of drug-likeness (QED) is 0.334. The average Bonchev–Trinajstić information content (AvgIpc) is 3.09. The number of amides is 1. The van der Waals surface area contributed by atoms with E-state index in [1.165, 1.54) is 11.1 Å². The van der Waals surface area contributed by atoms with Crippen molar-refractivity contribution in [1.82, 2.24) is 19.7 Å². The first-order valence-corrected chi connectivity index (χ1v) is 11.5. The molecule has 0 aliphatic heterocycles. The van der Waals surface area contributed by atoms with Crippen LogP contribution < -0.4 is 0 Å². The van der Waals surface area contributed by atoms with Gasteiger partial charge in [-0.1, -0.05) is 35.9 Å². The van der Waals surface area contributed by atoms with Crippen LogP contribution in [0.15, 0.2) is 54.9 Å². The van der Waals surface area contributed by atoms with Crippen molar-refractivity contribution in [3.8, 4) is 0 Å². The predicted molar refractivity (Wildman–Crippen MR) is 132 cm³/mol. The van der Waals surface area contributed by atoms with Crippen LogP contribution in [0.5, 0.6) is 0 Å². The van der Waals surface area contributed by atoms with E-state index >= 15 is 0 Å². The third-order valence-electron chi connectivity index (χ3n) is 5.58. The Hall–Kier alpha value is -3.74. The Morgan fingerprint density at radius 3 is 2.53 bits per heavy atom. The number of rotatable bonds is 10. The summed E-state index contributed by atoms with van der Waals surface area (Å²) in [6, 6.07) is 12.1. The zero-order valence-electron chi connectivity index (χ0n) is 20.3. The summed E-state index contributed by atoms with van der Waals surface area (Å²) in [5.74, 6) is -0.502. The maximum Gasteiger partial charge on any atom is 0.307 e. The molecule has 1 amide bonds. The van der Waals surface area contributed by atoms with E-state index in [2.05, 4.69) is 41.3 Å². The van der Waals surface area contributed by atoms with Crippen molar-refractivity contribution in [3.63, 3.8) is 0 Å². The number of esters is 1. The molecule has 0 atom stereocenters. The van der Waals surface area contributed by atoms with E-state index in [0.29, 0.717) is 19.7 Å². The van der Waals surface area contributed by atoms with Crippen LogP contribution in [0, 0.1) is 20.8 Å². The largest absolute Gasteiger partial charge is 0.466 e. The number of aryl methyl sites for hydroxylation is 2. The molecule has 178 valence electrons. The van der Waals surface area contributed by atoms with Gasteiger partial charge in [-0.25, -0.2) is 0 Å². The third kappa shape index (κ3) is 6.88. The molecule has 0 spiro atoms. The number of hydrogen-bond acceptors (Lipinski definition) is 5. The topological polar surface area (TPSA) is 77.3 Å². The van der Waals surface area contributed by atoms with Crippen LogP contribution in [-0.2, 0) is 27.4 Å². The number of aromatic nitrogens is 3. The first-order valence-electron chi connectivity index (χ1n) is 11.5. The number of ether oxygens (including phenoxy) is 1. The number of benzene rings is 1. The molecule has 0 unspecified atom stereocenters. The van der Waals surface area contributed by atoms with Crippen LogP contribution in [0.4, 0.5) is 0 Å². The fourth-order valence-corrected chi connectivity index (χ4v) is 3.67. The monoisotopic (exact) mass is 460 g/mol. The summed E-state index contributed by atoms with van der Waals surface area (Å²) in [5.41, 5.74) is 6.06. The maximum absolute atomic E-state index is 13.1. The molecule has 3 rings (SSSR count). The second-order valence-corrected chi connectivity index (χ2v) is 8.24. The Morgan fingerprint density at radius 1 is 1.09 bits per heavy atom. The van der Waals surface area contributed by atoms with Crippen LogP contribution in [0.3, 0.4) is 0 Å². The molecular formula is C27H32N4O3. The summed E-state index contributed by atoms with van der Waals surface area (Å²) in [5, 5.41) is 4.67. The molecule has 1 aromatic carbocycles. The lowest BCUT2D eigenvalue weighted by atomic mass is 10.1. The second kappa shape index (κ2) is 11.9. The normalized spacial score (nSPS) is 11.1. The van der Waals surface area contributed by atoms with Gasteiger partial charge in [0.2, 0.25) is 5.91 Å². The number of carbonyl (C=O) groups is 2. The minimum absolute atomic E-state index is 0.139. The molecule has 34 heavy (non-hydrogen) atoms. The van der Waals surface area contributed by atoms with Crippen molar-refractivity contribution < 1.29 is 14.3 Å². The molecule has 0 fully saturated rings. The summed E-state index contributed by atoms with van der Waals surface area (Å²) in [4.78, 5) is 30.7. The number of nitrogens with zero attached hydrogens (tertiary/aromatic N) is 4. The van der Waals surface area contributed by atoms with Crippen molar-refractivity contribution >= 4 is 18.0 Å². The SMILES string of the molecule is CCOC(=O)CCN(Cc1cccnc1)C(=O)/C=C/c1c(C)nn(Cc2ccc(C)cc2)c1C. The van der Waals surface area contributed by atoms with Gasteiger partial charge in [0, 0.05) is 42.8 Å². The first-order chi connectivity index (χ1) is 16.4. The Bertz CT molecular complexity index is 1130. The molecule has 0 saturated heterocycles. The standard InChI is InChI=1S/C27H32N4O3/c1-5-34-27(33)14-16-30(18-24-7-6-15-28-17-24)26(32)13-12-25-21(3)29-31(22(25)4)19-23-10-8-20(2)9-11-23/h6-13,15,17H,5,14,16,18-19H2,1-4H3/b13-12+. The lowest BCUT2D eigenvalue weighted by molar-refractivity contribution is -0.143. The van der Waals surface area contributed by atoms with Crippen LogP contribution >= 0.6 is 0 Å². The molecule has 2 aromatic heterocycles. The molecule has 0 saturated carbocycles. The molecule has 0 bridgehead atoms. The van der Waals surface area contributed by atoms with E-state index in [4.69, 9.17) is 4.74 Å². The van der Waals surface area contributed by atoms with Gasteiger partial charge in [-0.2, -0.15) is 5.10 Å². The van der Waals surface area contributed by atoms with Gasteiger partial charge in [0.25, 0.3) is 0 Å². The molecular weight excluding hydrogens is 428 g/mol. The molecule has 3 aromatic rings. The molecule has 2 heterocycles. The zero-order chi connectivity index (χ0) is 24.5. The van der Waals surface area contributed by atoms with Gasteiger partial charge in [-0.15, -0.1) is 0 Å². The highest BCUT2D eigenvalue weighted by atomic mass is 16.5. The van der Waals surface area contributed by atoms with E-state index < -0.39 is 0 Å². The maximum atomic E-state index is 13.1. The van der Waals surface area contributed by atoms with Crippen molar-refractivity contribution in [2.24, 2.45) is 0 Å². The molecule has 0 N–H and O–H groups in total. The highest BCUT2D eigenvalue weighted by Gasteiger charge is 2.16. The van der Waals surface area contributed by atoms with Crippen molar-refractivity contribution in [2.45, 2.75) is 47.2 Å². The van der Waals surface area contributed by atoms with Crippen LogP contribution in [-0.4, -0.2) is 44.7 Å². The molecule has 0 aliphatic rings. The summed E-state index contributed by atoms with van der Waals surface area (Å²) < 4.78 is 6.98. The van der Waals surface area contributed by atoms with E-state index in [1.54, 1.807) is 30.3 Å². The number of pyridine rings is 1. The van der Waals surface area contributed by atoms with Gasteiger partial charge in [0.15, 0.2) is 0 Å². The summed E-state index contributed by atoms with van der Waals surface area (Å²) >= 11 is 0. The van der Waals surface area contributed by atoms with E-state index in [9.17, 15) is 9.59 Å². The Balaban J connectivity index is 1.75.